The van der Waals surface area contributed by atoms with Crippen molar-refractivity contribution < 1.29 is 4.43 Å². The van der Waals surface area contributed by atoms with Gasteiger partial charge in [0, 0.05) is 31.3 Å². The van der Waals surface area contributed by atoms with E-state index in [-0.39, 0.29) is 0 Å². The maximum Gasteiger partial charge on any atom is 0.184 e. The Labute approximate surface area is 120 Å². The van der Waals surface area contributed by atoms with Gasteiger partial charge in [0.1, 0.15) is 0 Å². The van der Waals surface area contributed by atoms with E-state index < -0.39 is 32.5 Å². The Morgan fingerprint density at radius 1 is 0.556 bits per heavy atom. The summed E-state index contributed by atoms with van der Waals surface area (Å²) < 4.78 is 6.82. The second-order valence-corrected chi connectivity index (χ2v) is 32.1. The van der Waals surface area contributed by atoms with Gasteiger partial charge in [-0.1, -0.05) is 58.9 Å². The first-order chi connectivity index (χ1) is 7.56. The van der Waals surface area contributed by atoms with Gasteiger partial charge in [-0.15, -0.1) is 0 Å². The predicted octanol–water partition coefficient (Wildman–Crippen LogP) is 5.21. The molecule has 18 heavy (non-hydrogen) atoms. The third kappa shape index (κ3) is 2.66. The fourth-order valence-electron chi connectivity index (χ4n) is 6.24. The van der Waals surface area contributed by atoms with Crippen molar-refractivity contribution >= 4 is 32.5 Å². The van der Waals surface area contributed by atoms with Gasteiger partial charge in [0.2, 0.25) is 0 Å². The lowest BCUT2D eigenvalue weighted by atomic mass is 11.6. The third-order valence-corrected chi connectivity index (χ3v) is 40.0. The molecule has 0 atom stereocenters. The molecule has 1 nitrogen and oxygen atoms in total. The maximum atomic E-state index is 6.23. The molecule has 0 bridgehead atoms. The normalized spacial score (nSPS) is 16.0. The van der Waals surface area contributed by atoms with Crippen LogP contribution in [0.5, 0.6) is 0 Å². The molecule has 0 aliphatic rings. The average Bonchev–Trinajstić information content (AvgIpc) is 1.94. The summed E-state index contributed by atoms with van der Waals surface area (Å²) in [6.45, 7) is 28.3. The smallest absolute Gasteiger partial charge is 0.184 e. The quantitative estimate of drug-likeness (QED) is 0.632. The predicted molar refractivity (Wildman–Crippen MR) is 97.2 cm³/mol. The first kappa shape index (κ1) is 18.8. The summed E-state index contributed by atoms with van der Waals surface area (Å²) in [5.74, 6) is 0. The van der Waals surface area contributed by atoms with Crippen LogP contribution in [0.1, 0.15) is 0 Å². The van der Waals surface area contributed by atoms with Gasteiger partial charge < -0.3 is 4.43 Å². The lowest BCUT2D eigenvalue weighted by Gasteiger charge is -2.64. The van der Waals surface area contributed by atoms with Gasteiger partial charge in [0.25, 0.3) is 0 Å². The van der Waals surface area contributed by atoms with Gasteiger partial charge >= 0.3 is 0 Å². The van der Waals surface area contributed by atoms with Crippen LogP contribution in [0.3, 0.4) is 0 Å². The molecule has 0 spiro atoms. The molecule has 0 amide bonds. The van der Waals surface area contributed by atoms with Gasteiger partial charge in [-0.3, -0.25) is 0 Å². The number of hydrogen-bond acceptors (Lipinski definition) is 1. The van der Waals surface area contributed by atoms with E-state index in [0.717, 1.165) is 0 Å². The summed E-state index contributed by atoms with van der Waals surface area (Å²) in [6, 6.07) is 0. The summed E-state index contributed by atoms with van der Waals surface area (Å²) in [5, 5.41) is 0. The van der Waals surface area contributed by atoms with Crippen LogP contribution in [-0.4, -0.2) is 39.6 Å². The Balaban J connectivity index is 6.47. The van der Waals surface area contributed by atoms with Crippen molar-refractivity contribution in [3.63, 3.8) is 0 Å². The summed E-state index contributed by atoms with van der Waals surface area (Å²) in [4.78, 5) is 0. The van der Waals surface area contributed by atoms with Crippen LogP contribution in [-0.2, 0) is 4.43 Å². The summed E-state index contributed by atoms with van der Waals surface area (Å²) in [7, 11) is -3.62. The molecule has 0 aromatic heterocycles. The summed E-state index contributed by atoms with van der Waals surface area (Å²) in [5.41, 5.74) is 0. The minimum Gasteiger partial charge on any atom is -0.421 e. The first-order valence-electron chi connectivity index (χ1n) is 7.11. The SMILES string of the molecule is CO[Si](C)(C)C([Si](C)(C)C)([Si](C)(C)C)[Si](C)(C)C. The van der Waals surface area contributed by atoms with Gasteiger partial charge in [-0.2, -0.15) is 0 Å². The van der Waals surface area contributed by atoms with Gasteiger partial charge in [-0.05, 0) is 17.0 Å². The Hall–Kier alpha value is 0.828. The van der Waals surface area contributed by atoms with Crippen molar-refractivity contribution in [3.05, 3.63) is 0 Å². The monoisotopic (exact) mass is 320 g/mol. The fourth-order valence-corrected chi connectivity index (χ4v) is 56.1. The van der Waals surface area contributed by atoms with Gasteiger partial charge in [0.05, 0.1) is 0 Å². The van der Waals surface area contributed by atoms with Crippen molar-refractivity contribution in [1.29, 1.82) is 0 Å². The first-order valence-corrected chi connectivity index (χ1v) is 20.5. The highest BCUT2D eigenvalue weighted by Gasteiger charge is 2.68. The van der Waals surface area contributed by atoms with Crippen molar-refractivity contribution in [2.24, 2.45) is 0 Å². The lowest BCUT2D eigenvalue weighted by molar-refractivity contribution is 0.400. The van der Waals surface area contributed by atoms with E-state index in [1.54, 1.807) is 0 Å². The Kier molecular flexibility index (Phi) is 5.21. The lowest BCUT2D eigenvalue weighted by Crippen LogP contribution is -2.76. The molecule has 0 aromatic carbocycles. The van der Waals surface area contributed by atoms with E-state index in [2.05, 4.69) is 72.0 Å². The highest BCUT2D eigenvalue weighted by Crippen LogP contribution is 2.59. The second-order valence-electron chi connectivity index (χ2n) is 9.21. The van der Waals surface area contributed by atoms with E-state index >= 15 is 0 Å². The summed E-state index contributed by atoms with van der Waals surface area (Å²) >= 11 is 0. The van der Waals surface area contributed by atoms with Crippen LogP contribution in [0.15, 0.2) is 0 Å². The molecular formula is C13H36OSi4. The highest BCUT2D eigenvalue weighted by molar-refractivity contribution is 7.28. The zero-order chi connectivity index (χ0) is 15.2. The van der Waals surface area contributed by atoms with Crippen molar-refractivity contribution in [3.8, 4) is 0 Å². The molecule has 0 saturated heterocycles. The molecule has 0 fully saturated rings. The molecule has 5 heteroatoms. The molecule has 0 aliphatic heterocycles. The standard InChI is InChI=1S/C13H36OSi4/c1-14-18(11,12)13(15(2,3)4,16(5,6)7)17(8,9)10/h1-12H3. The highest BCUT2D eigenvalue weighted by atomic mass is 28.5. The van der Waals surface area contributed by atoms with E-state index in [1.807, 2.05) is 7.11 Å². The number of hydrogen-bond donors (Lipinski definition) is 0. The molecule has 0 unspecified atom stereocenters. The zero-order valence-corrected chi connectivity index (χ0v) is 18.9. The van der Waals surface area contributed by atoms with Crippen LogP contribution >= 0.6 is 0 Å². The fraction of sp³-hybridized carbons (Fsp3) is 1.00. The molecular weight excluding hydrogens is 284 g/mol. The van der Waals surface area contributed by atoms with Crippen molar-refractivity contribution in [2.45, 2.75) is 75.9 Å². The topological polar surface area (TPSA) is 9.23 Å². The van der Waals surface area contributed by atoms with E-state index in [9.17, 15) is 0 Å². The van der Waals surface area contributed by atoms with Crippen LogP contribution in [0.25, 0.3) is 0 Å². The third-order valence-electron chi connectivity index (χ3n) is 4.79. The van der Waals surface area contributed by atoms with E-state index in [0.29, 0.717) is 3.91 Å². The van der Waals surface area contributed by atoms with E-state index in [1.165, 1.54) is 0 Å². The molecule has 0 heterocycles. The van der Waals surface area contributed by atoms with E-state index in [4.69, 9.17) is 4.43 Å². The second kappa shape index (κ2) is 4.98. The number of rotatable bonds is 5. The molecule has 0 saturated carbocycles. The van der Waals surface area contributed by atoms with Gasteiger partial charge in [-0.25, -0.2) is 0 Å². The van der Waals surface area contributed by atoms with Crippen LogP contribution in [0.4, 0.5) is 0 Å². The maximum absolute atomic E-state index is 6.23. The van der Waals surface area contributed by atoms with Crippen LogP contribution in [0.2, 0.25) is 75.9 Å². The minimum absolute atomic E-state index is 0.592. The molecule has 0 rings (SSSR count). The molecule has 0 aromatic rings. The molecule has 0 radical (unpaired) electrons. The zero-order valence-electron chi connectivity index (χ0n) is 14.9. The summed E-state index contributed by atoms with van der Waals surface area (Å²) in [6.07, 6.45) is 0. The Morgan fingerprint density at radius 3 is 0.833 bits per heavy atom. The molecule has 0 aliphatic carbocycles. The Morgan fingerprint density at radius 2 is 0.778 bits per heavy atom. The van der Waals surface area contributed by atoms with Gasteiger partial charge in [0.15, 0.2) is 8.32 Å². The molecule has 0 N–H and O–H groups in total. The molecule has 110 valence electrons. The minimum atomic E-state index is -1.68. The van der Waals surface area contributed by atoms with Crippen LogP contribution in [0, 0.1) is 0 Å². The van der Waals surface area contributed by atoms with Crippen LogP contribution < -0.4 is 0 Å². The average molecular weight is 321 g/mol. The van der Waals surface area contributed by atoms with Crippen molar-refractivity contribution in [2.75, 3.05) is 7.11 Å². The largest absolute Gasteiger partial charge is 0.421 e. The van der Waals surface area contributed by atoms with Crippen molar-refractivity contribution in [1.82, 2.24) is 0 Å². The Bertz CT molecular complexity index is 256.